The van der Waals surface area contributed by atoms with Crippen molar-refractivity contribution >= 4 is 0 Å². The zero-order valence-electron chi connectivity index (χ0n) is 9.94. The molecule has 1 aromatic rings. The lowest BCUT2D eigenvalue weighted by atomic mass is 9.98. The molecule has 2 bridgehead atoms. The standard InChI is InChI=1S/C15H21N/c1-2-4-13(5-3-1)8-9-16-11-14-6-7-15(10-14)12-16/h1-5,14-15H,6-12H2/t14-,15+. The molecule has 1 saturated heterocycles. The van der Waals surface area contributed by atoms with Gasteiger partial charge in [-0.15, -0.1) is 0 Å². The number of benzene rings is 1. The smallest absolute Gasteiger partial charge is 0.00221 e. The Kier molecular flexibility index (Phi) is 2.96. The number of likely N-dealkylation sites (tertiary alicyclic amines) is 1. The summed E-state index contributed by atoms with van der Waals surface area (Å²) in [6.45, 7) is 3.99. The molecule has 1 nitrogen and oxygen atoms in total. The second-order valence-corrected chi connectivity index (χ2v) is 5.54. The molecular formula is C15H21N. The van der Waals surface area contributed by atoms with Crippen LogP contribution in [0.4, 0.5) is 0 Å². The van der Waals surface area contributed by atoms with Gasteiger partial charge in [-0.25, -0.2) is 0 Å². The first-order chi connectivity index (χ1) is 7.90. The second kappa shape index (κ2) is 4.58. The first kappa shape index (κ1) is 10.3. The van der Waals surface area contributed by atoms with Gasteiger partial charge in [0, 0.05) is 19.6 Å². The molecule has 0 amide bonds. The Morgan fingerprint density at radius 3 is 2.38 bits per heavy atom. The van der Waals surface area contributed by atoms with Gasteiger partial charge in [-0.3, -0.25) is 0 Å². The van der Waals surface area contributed by atoms with Crippen molar-refractivity contribution in [2.45, 2.75) is 25.7 Å². The van der Waals surface area contributed by atoms with E-state index in [2.05, 4.69) is 35.2 Å². The fourth-order valence-corrected chi connectivity index (χ4v) is 3.43. The van der Waals surface area contributed by atoms with Crippen LogP contribution in [0.2, 0.25) is 0 Å². The van der Waals surface area contributed by atoms with Crippen molar-refractivity contribution in [2.75, 3.05) is 19.6 Å². The molecule has 1 heterocycles. The minimum atomic E-state index is 1.02. The molecule has 16 heavy (non-hydrogen) atoms. The SMILES string of the molecule is c1ccc(CCN2C[C@@H]3CC[C@@H](C3)C2)cc1. The lowest BCUT2D eigenvalue weighted by Gasteiger charge is -2.31. The first-order valence-corrected chi connectivity index (χ1v) is 6.66. The van der Waals surface area contributed by atoms with E-state index in [1.54, 1.807) is 0 Å². The third-order valence-electron chi connectivity index (χ3n) is 4.24. The maximum atomic E-state index is 2.69. The van der Waals surface area contributed by atoms with E-state index in [0.29, 0.717) is 0 Å². The average Bonchev–Trinajstić information content (AvgIpc) is 2.67. The van der Waals surface area contributed by atoms with Crippen LogP contribution in [0.1, 0.15) is 24.8 Å². The van der Waals surface area contributed by atoms with Crippen LogP contribution in [-0.4, -0.2) is 24.5 Å². The summed E-state index contributed by atoms with van der Waals surface area (Å²) in [5.74, 6) is 2.05. The van der Waals surface area contributed by atoms with Crippen molar-refractivity contribution < 1.29 is 0 Å². The van der Waals surface area contributed by atoms with Crippen LogP contribution in [0.25, 0.3) is 0 Å². The molecular weight excluding hydrogens is 194 g/mol. The van der Waals surface area contributed by atoms with Crippen molar-refractivity contribution in [2.24, 2.45) is 11.8 Å². The molecule has 3 rings (SSSR count). The van der Waals surface area contributed by atoms with Gasteiger partial charge in [-0.2, -0.15) is 0 Å². The second-order valence-electron chi connectivity index (χ2n) is 5.54. The summed E-state index contributed by atoms with van der Waals surface area (Å²) in [5, 5.41) is 0. The summed E-state index contributed by atoms with van der Waals surface area (Å²) in [7, 11) is 0. The molecule has 0 N–H and O–H groups in total. The molecule has 0 radical (unpaired) electrons. The highest BCUT2D eigenvalue weighted by Crippen LogP contribution is 2.36. The van der Waals surface area contributed by atoms with Crippen LogP contribution >= 0.6 is 0 Å². The molecule has 1 heteroatoms. The third-order valence-corrected chi connectivity index (χ3v) is 4.24. The van der Waals surface area contributed by atoms with Gasteiger partial charge in [0.25, 0.3) is 0 Å². The molecule has 1 aliphatic heterocycles. The van der Waals surface area contributed by atoms with Crippen LogP contribution in [0.5, 0.6) is 0 Å². The largest absolute Gasteiger partial charge is 0.302 e. The van der Waals surface area contributed by atoms with Crippen LogP contribution in [0.3, 0.4) is 0 Å². The van der Waals surface area contributed by atoms with E-state index < -0.39 is 0 Å². The van der Waals surface area contributed by atoms with Gasteiger partial charge in [0.15, 0.2) is 0 Å². The van der Waals surface area contributed by atoms with Crippen LogP contribution in [0.15, 0.2) is 30.3 Å². The topological polar surface area (TPSA) is 3.24 Å². The number of nitrogens with zero attached hydrogens (tertiary/aromatic N) is 1. The minimum Gasteiger partial charge on any atom is -0.302 e. The summed E-state index contributed by atoms with van der Waals surface area (Å²) in [4.78, 5) is 2.69. The van der Waals surface area contributed by atoms with E-state index in [9.17, 15) is 0 Å². The zero-order chi connectivity index (χ0) is 10.8. The minimum absolute atomic E-state index is 1.02. The van der Waals surface area contributed by atoms with E-state index >= 15 is 0 Å². The van der Waals surface area contributed by atoms with Crippen molar-refractivity contribution in [1.29, 1.82) is 0 Å². The summed E-state index contributed by atoms with van der Waals surface area (Å²) in [6.07, 6.45) is 5.72. The maximum Gasteiger partial charge on any atom is 0.00221 e. The number of hydrogen-bond donors (Lipinski definition) is 0. The molecule has 2 aliphatic rings. The highest BCUT2D eigenvalue weighted by atomic mass is 15.1. The van der Waals surface area contributed by atoms with E-state index in [4.69, 9.17) is 0 Å². The predicted molar refractivity (Wildman–Crippen MR) is 67.4 cm³/mol. The fourth-order valence-electron chi connectivity index (χ4n) is 3.43. The quantitative estimate of drug-likeness (QED) is 0.749. The van der Waals surface area contributed by atoms with Crippen LogP contribution in [-0.2, 0) is 6.42 Å². The molecule has 0 spiro atoms. The van der Waals surface area contributed by atoms with Crippen LogP contribution < -0.4 is 0 Å². The summed E-state index contributed by atoms with van der Waals surface area (Å²) in [5.41, 5.74) is 1.49. The number of hydrogen-bond acceptors (Lipinski definition) is 1. The lowest BCUT2D eigenvalue weighted by Crippen LogP contribution is -2.37. The predicted octanol–water partition coefficient (Wildman–Crippen LogP) is 2.96. The van der Waals surface area contributed by atoms with E-state index in [1.807, 2.05) is 0 Å². The van der Waals surface area contributed by atoms with E-state index in [-0.39, 0.29) is 0 Å². The Bertz CT molecular complexity index is 321. The number of rotatable bonds is 3. The maximum absolute atomic E-state index is 2.69. The van der Waals surface area contributed by atoms with Gasteiger partial charge in [0.2, 0.25) is 0 Å². The Morgan fingerprint density at radius 2 is 1.69 bits per heavy atom. The fraction of sp³-hybridized carbons (Fsp3) is 0.600. The Hall–Kier alpha value is -0.820. The molecule has 1 saturated carbocycles. The van der Waals surface area contributed by atoms with Crippen molar-refractivity contribution in [3.05, 3.63) is 35.9 Å². The third kappa shape index (κ3) is 2.30. The molecule has 1 aromatic carbocycles. The number of fused-ring (bicyclic) bond motifs is 2. The lowest BCUT2D eigenvalue weighted by molar-refractivity contribution is 0.170. The van der Waals surface area contributed by atoms with Gasteiger partial charge in [-0.05, 0) is 43.1 Å². The van der Waals surface area contributed by atoms with Gasteiger partial charge in [0.05, 0.1) is 0 Å². The zero-order valence-corrected chi connectivity index (χ0v) is 9.94. The van der Waals surface area contributed by atoms with Gasteiger partial charge >= 0.3 is 0 Å². The molecule has 0 aromatic heterocycles. The molecule has 86 valence electrons. The normalized spacial score (nSPS) is 29.5. The Morgan fingerprint density at radius 1 is 1.00 bits per heavy atom. The highest BCUT2D eigenvalue weighted by molar-refractivity contribution is 5.14. The number of piperidine rings is 1. The van der Waals surface area contributed by atoms with Crippen molar-refractivity contribution in [1.82, 2.24) is 4.90 Å². The molecule has 2 atom stereocenters. The van der Waals surface area contributed by atoms with E-state index in [0.717, 1.165) is 11.8 Å². The van der Waals surface area contributed by atoms with Crippen molar-refractivity contribution in [3.63, 3.8) is 0 Å². The Labute approximate surface area is 98.5 Å². The Balaban J connectivity index is 1.52. The van der Waals surface area contributed by atoms with Crippen LogP contribution in [0, 0.1) is 11.8 Å². The van der Waals surface area contributed by atoms with Gasteiger partial charge in [0.1, 0.15) is 0 Å². The monoisotopic (exact) mass is 215 g/mol. The summed E-state index contributed by atoms with van der Waals surface area (Å²) < 4.78 is 0. The van der Waals surface area contributed by atoms with Crippen molar-refractivity contribution in [3.8, 4) is 0 Å². The summed E-state index contributed by atoms with van der Waals surface area (Å²) >= 11 is 0. The molecule has 1 aliphatic carbocycles. The molecule has 0 unspecified atom stereocenters. The first-order valence-electron chi connectivity index (χ1n) is 6.66. The molecule has 2 fully saturated rings. The average molecular weight is 215 g/mol. The highest BCUT2D eigenvalue weighted by Gasteiger charge is 2.32. The summed E-state index contributed by atoms with van der Waals surface area (Å²) in [6, 6.07) is 10.9. The van der Waals surface area contributed by atoms with Gasteiger partial charge < -0.3 is 4.90 Å². The van der Waals surface area contributed by atoms with E-state index in [1.165, 1.54) is 50.9 Å². The van der Waals surface area contributed by atoms with Gasteiger partial charge in [-0.1, -0.05) is 30.3 Å².